The first-order valence-corrected chi connectivity index (χ1v) is 8.78. The second-order valence-electron chi connectivity index (χ2n) is 6.31. The largest absolute Gasteiger partial charge is 0.497 e. The molecule has 0 spiro atoms. The summed E-state index contributed by atoms with van der Waals surface area (Å²) in [6, 6.07) is 8.59. The third-order valence-corrected chi connectivity index (χ3v) is 4.39. The van der Waals surface area contributed by atoms with Crippen LogP contribution < -0.4 is 16.0 Å². The summed E-state index contributed by atoms with van der Waals surface area (Å²) in [7, 11) is 3.06. The van der Waals surface area contributed by atoms with Crippen LogP contribution in [0.5, 0.6) is 5.75 Å². The van der Waals surface area contributed by atoms with Gasteiger partial charge >= 0.3 is 11.7 Å². The predicted molar refractivity (Wildman–Crippen MR) is 104 cm³/mol. The summed E-state index contributed by atoms with van der Waals surface area (Å²) in [5, 5.41) is 0.0639. The zero-order chi connectivity index (χ0) is 20.4. The highest BCUT2D eigenvalue weighted by Gasteiger charge is 2.21. The van der Waals surface area contributed by atoms with E-state index in [2.05, 4.69) is 4.98 Å². The second kappa shape index (κ2) is 7.67. The number of rotatable bonds is 5. The van der Waals surface area contributed by atoms with Gasteiger partial charge in [-0.05, 0) is 37.6 Å². The highest BCUT2D eigenvalue weighted by Crippen LogP contribution is 2.16. The van der Waals surface area contributed by atoms with Crippen molar-refractivity contribution in [3.8, 4) is 5.75 Å². The van der Waals surface area contributed by atoms with Crippen LogP contribution in [0.15, 0.2) is 39.9 Å². The van der Waals surface area contributed by atoms with E-state index in [0.717, 1.165) is 10.1 Å². The standard InChI is InChI=1S/C20H21N3O5/c1-5-28-19(25)15-9-12(2)21-17-16(15)18(24)23(20(26)22(17)3)11-13-7-6-8-14(10-13)27-4/h6-10H,5,11H2,1-4H3. The Morgan fingerprint density at radius 3 is 2.64 bits per heavy atom. The van der Waals surface area contributed by atoms with Crippen LogP contribution in [-0.2, 0) is 18.3 Å². The fourth-order valence-electron chi connectivity index (χ4n) is 3.07. The third kappa shape index (κ3) is 3.40. The number of esters is 1. The second-order valence-corrected chi connectivity index (χ2v) is 6.31. The maximum Gasteiger partial charge on any atom is 0.339 e. The Hall–Kier alpha value is -3.42. The summed E-state index contributed by atoms with van der Waals surface area (Å²) in [6.45, 7) is 3.58. The van der Waals surface area contributed by atoms with Gasteiger partial charge in [0.1, 0.15) is 11.4 Å². The van der Waals surface area contributed by atoms with Crippen LogP contribution >= 0.6 is 0 Å². The smallest absolute Gasteiger partial charge is 0.339 e. The van der Waals surface area contributed by atoms with Crippen molar-refractivity contribution in [1.29, 1.82) is 0 Å². The van der Waals surface area contributed by atoms with Crippen LogP contribution in [0.3, 0.4) is 0 Å². The zero-order valence-electron chi connectivity index (χ0n) is 16.2. The average molecular weight is 383 g/mol. The molecule has 0 atom stereocenters. The Labute approximate surface area is 161 Å². The van der Waals surface area contributed by atoms with Crippen molar-refractivity contribution in [2.24, 2.45) is 7.05 Å². The molecule has 3 aromatic rings. The summed E-state index contributed by atoms with van der Waals surface area (Å²) in [5.41, 5.74) is 0.375. The quantitative estimate of drug-likeness (QED) is 0.622. The highest BCUT2D eigenvalue weighted by molar-refractivity contribution is 6.02. The molecule has 146 valence electrons. The summed E-state index contributed by atoms with van der Waals surface area (Å²) in [5.74, 6) is -0.00524. The van der Waals surface area contributed by atoms with Gasteiger partial charge in [-0.3, -0.25) is 13.9 Å². The van der Waals surface area contributed by atoms with E-state index in [4.69, 9.17) is 9.47 Å². The van der Waals surface area contributed by atoms with Crippen LogP contribution in [0.25, 0.3) is 11.0 Å². The molecule has 0 bridgehead atoms. The van der Waals surface area contributed by atoms with Crippen molar-refractivity contribution < 1.29 is 14.3 Å². The number of ether oxygens (including phenoxy) is 2. The molecule has 0 saturated carbocycles. The van der Waals surface area contributed by atoms with E-state index in [1.165, 1.54) is 17.7 Å². The number of carbonyl (C=O) groups is 1. The molecular weight excluding hydrogens is 362 g/mol. The summed E-state index contributed by atoms with van der Waals surface area (Å²) in [6.07, 6.45) is 0. The third-order valence-electron chi connectivity index (χ3n) is 4.39. The Morgan fingerprint density at radius 1 is 1.21 bits per heavy atom. The Kier molecular flexibility index (Phi) is 5.30. The lowest BCUT2D eigenvalue weighted by atomic mass is 10.1. The molecule has 0 fully saturated rings. The Balaban J connectivity index is 2.28. The van der Waals surface area contributed by atoms with Gasteiger partial charge in [0.05, 0.1) is 31.2 Å². The maximum atomic E-state index is 13.2. The molecule has 0 N–H and O–H groups in total. The molecule has 2 aromatic heterocycles. The summed E-state index contributed by atoms with van der Waals surface area (Å²) >= 11 is 0. The first-order chi connectivity index (χ1) is 13.4. The molecule has 0 saturated heterocycles. The van der Waals surface area contributed by atoms with Crippen LogP contribution in [0.1, 0.15) is 28.5 Å². The molecule has 0 aliphatic rings. The number of benzene rings is 1. The molecule has 1 aromatic carbocycles. The summed E-state index contributed by atoms with van der Waals surface area (Å²) < 4.78 is 12.6. The molecule has 2 heterocycles. The average Bonchev–Trinajstić information content (AvgIpc) is 2.69. The van der Waals surface area contributed by atoms with E-state index in [0.29, 0.717) is 11.4 Å². The lowest BCUT2D eigenvalue weighted by Crippen LogP contribution is -2.40. The van der Waals surface area contributed by atoms with Gasteiger partial charge in [0.25, 0.3) is 5.56 Å². The minimum Gasteiger partial charge on any atom is -0.497 e. The van der Waals surface area contributed by atoms with E-state index in [-0.39, 0.29) is 29.7 Å². The van der Waals surface area contributed by atoms with Crippen molar-refractivity contribution >= 4 is 17.0 Å². The van der Waals surface area contributed by atoms with E-state index in [1.807, 2.05) is 0 Å². The number of carbonyl (C=O) groups excluding carboxylic acids is 1. The van der Waals surface area contributed by atoms with Gasteiger partial charge in [0, 0.05) is 12.7 Å². The normalized spacial score (nSPS) is 10.9. The van der Waals surface area contributed by atoms with Gasteiger partial charge in [0.15, 0.2) is 0 Å². The first kappa shape index (κ1) is 19.3. The van der Waals surface area contributed by atoms with E-state index >= 15 is 0 Å². The van der Waals surface area contributed by atoms with Crippen LogP contribution in [0, 0.1) is 6.92 Å². The minimum atomic E-state index is -0.623. The maximum absolute atomic E-state index is 13.2. The van der Waals surface area contributed by atoms with E-state index in [1.54, 1.807) is 45.2 Å². The fourth-order valence-corrected chi connectivity index (χ4v) is 3.07. The number of aromatic nitrogens is 3. The predicted octanol–water partition coefficient (Wildman–Crippen LogP) is 1.64. The van der Waals surface area contributed by atoms with Gasteiger partial charge in [-0.2, -0.15) is 0 Å². The summed E-state index contributed by atoms with van der Waals surface area (Å²) in [4.78, 5) is 42.7. The number of fused-ring (bicyclic) bond motifs is 1. The molecule has 8 heteroatoms. The number of hydrogen-bond acceptors (Lipinski definition) is 6. The van der Waals surface area contributed by atoms with Gasteiger partial charge < -0.3 is 9.47 Å². The molecular formula is C20H21N3O5. The molecule has 0 amide bonds. The molecule has 0 aliphatic heterocycles. The van der Waals surface area contributed by atoms with Gasteiger partial charge in [-0.15, -0.1) is 0 Å². The number of nitrogens with zero attached hydrogens (tertiary/aromatic N) is 3. The molecule has 28 heavy (non-hydrogen) atoms. The SMILES string of the molecule is CCOC(=O)c1cc(C)nc2c1c(=O)n(Cc1cccc(OC)c1)c(=O)n2C. The van der Waals surface area contributed by atoms with Gasteiger partial charge in [-0.25, -0.2) is 14.6 Å². The molecule has 0 radical (unpaired) electrons. The number of methoxy groups -OCH3 is 1. The van der Waals surface area contributed by atoms with E-state index in [9.17, 15) is 14.4 Å². The highest BCUT2D eigenvalue weighted by atomic mass is 16.5. The number of hydrogen-bond donors (Lipinski definition) is 0. The van der Waals surface area contributed by atoms with Gasteiger partial charge in [-0.1, -0.05) is 12.1 Å². The topological polar surface area (TPSA) is 92.4 Å². The van der Waals surface area contributed by atoms with Crippen molar-refractivity contribution in [3.63, 3.8) is 0 Å². The van der Waals surface area contributed by atoms with E-state index < -0.39 is 17.2 Å². The van der Waals surface area contributed by atoms with Crippen molar-refractivity contribution in [2.75, 3.05) is 13.7 Å². The lowest BCUT2D eigenvalue weighted by molar-refractivity contribution is 0.0528. The molecule has 0 unspecified atom stereocenters. The van der Waals surface area contributed by atoms with Crippen LogP contribution in [0.2, 0.25) is 0 Å². The monoisotopic (exact) mass is 383 g/mol. The Morgan fingerprint density at radius 2 is 1.96 bits per heavy atom. The van der Waals surface area contributed by atoms with Gasteiger partial charge in [0.2, 0.25) is 0 Å². The molecule has 0 aliphatic carbocycles. The lowest BCUT2D eigenvalue weighted by Gasteiger charge is -2.13. The van der Waals surface area contributed by atoms with Crippen molar-refractivity contribution in [3.05, 3.63) is 68.0 Å². The fraction of sp³-hybridized carbons (Fsp3) is 0.300. The number of pyridine rings is 1. The molecule has 3 rings (SSSR count). The van der Waals surface area contributed by atoms with Crippen molar-refractivity contribution in [1.82, 2.24) is 14.1 Å². The minimum absolute atomic E-state index is 0.0365. The van der Waals surface area contributed by atoms with Crippen molar-refractivity contribution in [2.45, 2.75) is 20.4 Å². The molecule has 8 nitrogen and oxygen atoms in total. The zero-order valence-corrected chi connectivity index (χ0v) is 16.2. The van der Waals surface area contributed by atoms with Crippen LogP contribution in [0.4, 0.5) is 0 Å². The number of aryl methyl sites for hydroxylation is 2. The Bertz CT molecular complexity index is 1180. The van der Waals surface area contributed by atoms with Crippen LogP contribution in [-0.4, -0.2) is 33.8 Å². The first-order valence-electron chi connectivity index (χ1n) is 8.78.